The Morgan fingerprint density at radius 3 is 2.25 bits per heavy atom. The van der Waals surface area contributed by atoms with Gasteiger partial charge in [0.1, 0.15) is 6.23 Å². The maximum Gasteiger partial charge on any atom is 0.148 e. The van der Waals surface area contributed by atoms with Crippen LogP contribution in [0, 0.1) is 0 Å². The van der Waals surface area contributed by atoms with Gasteiger partial charge in [0.2, 0.25) is 0 Å². The summed E-state index contributed by atoms with van der Waals surface area (Å²) >= 11 is 0. The van der Waals surface area contributed by atoms with Gasteiger partial charge < -0.3 is 0 Å². The van der Waals surface area contributed by atoms with E-state index >= 15 is 0 Å². The van der Waals surface area contributed by atoms with Gasteiger partial charge in [-0.2, -0.15) is 5.48 Å². The zero-order valence-electron chi connectivity index (χ0n) is 2.49. The van der Waals surface area contributed by atoms with Crippen LogP contribution in [-0.2, 0) is 4.84 Å². The Labute approximate surface area is 24.7 Å². The number of hydrogen-bond acceptors (Lipinski definition) is 2. The van der Waals surface area contributed by atoms with E-state index in [0.717, 1.165) is 0 Å². The van der Waals surface area contributed by atoms with Crippen molar-refractivity contribution in [3.05, 3.63) is 0 Å². The lowest BCUT2D eigenvalue weighted by molar-refractivity contribution is 0.380. The van der Waals surface area contributed by atoms with Crippen molar-refractivity contribution in [3.8, 4) is 0 Å². The van der Waals surface area contributed by atoms with E-state index in [1.807, 2.05) is 6.92 Å². The molecule has 0 radical (unpaired) electrons. The summed E-state index contributed by atoms with van der Waals surface area (Å²) in [6.07, 6.45) is 0.333. The Morgan fingerprint density at radius 2 is 2.25 bits per heavy atom. The summed E-state index contributed by atoms with van der Waals surface area (Å²) in [7, 11) is 0. The van der Waals surface area contributed by atoms with Gasteiger partial charge in [0.15, 0.2) is 0 Å². The molecule has 1 rings (SSSR count). The summed E-state index contributed by atoms with van der Waals surface area (Å²) in [5.74, 6) is 0. The predicted octanol–water partition coefficient (Wildman–Crippen LogP) is -0.133. The molecule has 1 atom stereocenters. The smallest absolute Gasteiger partial charge is 0.148 e. The monoisotopic (exact) mass is 59.0 g/mol. The van der Waals surface area contributed by atoms with Gasteiger partial charge in [-0.1, -0.05) is 0 Å². The molecule has 0 spiro atoms. The Kier molecular flexibility index (Phi) is 0.242. The van der Waals surface area contributed by atoms with E-state index in [2.05, 4.69) is 10.3 Å². The van der Waals surface area contributed by atoms with Crippen molar-refractivity contribution in [1.29, 1.82) is 0 Å². The fourth-order valence-electron chi connectivity index (χ4n) is 0.0680. The summed E-state index contributed by atoms with van der Waals surface area (Å²) < 4.78 is 0. The number of nitrogens with one attached hydrogen (secondary N) is 1. The standard InChI is InChI=1S/C2H5NO/c1-2-3-4-2/h2-3H,1H3. The minimum absolute atomic E-state index is 0.333. The summed E-state index contributed by atoms with van der Waals surface area (Å²) in [5.41, 5.74) is 2.60. The van der Waals surface area contributed by atoms with Gasteiger partial charge >= 0.3 is 0 Å². The SMILES string of the molecule is CC1NO1. The molecule has 0 aliphatic carbocycles. The first-order chi connectivity index (χ1) is 1.89. The first-order valence-corrected chi connectivity index (χ1v) is 1.31. The molecule has 1 unspecified atom stereocenters. The molecule has 2 nitrogen and oxygen atoms in total. The highest BCUT2D eigenvalue weighted by atomic mass is 16.8. The minimum Gasteiger partial charge on any atom is -0.279 e. The van der Waals surface area contributed by atoms with Crippen molar-refractivity contribution in [1.82, 2.24) is 5.48 Å². The molecule has 24 valence electrons. The van der Waals surface area contributed by atoms with Crippen LogP contribution in [0.3, 0.4) is 0 Å². The van der Waals surface area contributed by atoms with Gasteiger partial charge in [0.05, 0.1) is 0 Å². The third kappa shape index (κ3) is 0.191. The van der Waals surface area contributed by atoms with Crippen LogP contribution in [0.4, 0.5) is 0 Å². The van der Waals surface area contributed by atoms with Crippen molar-refractivity contribution in [2.75, 3.05) is 0 Å². The Hall–Kier alpha value is -0.0800. The molecule has 1 heterocycles. The maximum absolute atomic E-state index is 4.46. The van der Waals surface area contributed by atoms with E-state index in [1.54, 1.807) is 0 Å². The molecule has 1 N–H and O–H groups in total. The number of hydrogen-bond donors (Lipinski definition) is 1. The average Bonchev–Trinajstić information content (AvgIpc) is 1.75. The lowest BCUT2D eigenvalue weighted by Crippen LogP contribution is -1.72. The minimum atomic E-state index is 0.333. The van der Waals surface area contributed by atoms with Crippen LogP contribution in [0.2, 0.25) is 0 Å². The zero-order chi connectivity index (χ0) is 2.99. The highest BCUT2D eigenvalue weighted by Crippen LogP contribution is 1.92. The van der Waals surface area contributed by atoms with E-state index in [-0.39, 0.29) is 0 Å². The average molecular weight is 59.1 g/mol. The van der Waals surface area contributed by atoms with E-state index in [1.165, 1.54) is 0 Å². The summed E-state index contributed by atoms with van der Waals surface area (Å²) in [5, 5.41) is 0. The van der Waals surface area contributed by atoms with Crippen LogP contribution in [-0.4, -0.2) is 6.23 Å². The number of hydroxylamine groups is 1. The molecule has 1 saturated heterocycles. The third-order valence-corrected chi connectivity index (χ3v) is 0.354. The Balaban J connectivity index is 2.17. The second kappa shape index (κ2) is 0.445. The van der Waals surface area contributed by atoms with E-state index in [9.17, 15) is 0 Å². The lowest BCUT2D eigenvalue weighted by Gasteiger charge is -1.45. The van der Waals surface area contributed by atoms with Gasteiger partial charge in [-0.3, -0.25) is 4.84 Å². The zero-order valence-corrected chi connectivity index (χ0v) is 2.49. The van der Waals surface area contributed by atoms with Crippen molar-refractivity contribution in [3.63, 3.8) is 0 Å². The van der Waals surface area contributed by atoms with Crippen molar-refractivity contribution >= 4 is 0 Å². The summed E-state index contributed by atoms with van der Waals surface area (Å²) in [6.45, 7) is 1.94. The normalized spacial score (nSPS) is 39.8. The molecular weight excluding hydrogens is 54.0 g/mol. The molecule has 1 aliphatic heterocycles. The van der Waals surface area contributed by atoms with Crippen LogP contribution >= 0.6 is 0 Å². The van der Waals surface area contributed by atoms with Gasteiger partial charge in [-0.15, -0.1) is 0 Å². The highest BCUT2D eigenvalue weighted by Gasteiger charge is 2.11. The first-order valence-electron chi connectivity index (χ1n) is 1.31. The third-order valence-electron chi connectivity index (χ3n) is 0.354. The fourth-order valence-corrected chi connectivity index (χ4v) is 0.0680. The molecule has 0 saturated carbocycles. The van der Waals surface area contributed by atoms with Gasteiger partial charge in [-0.05, 0) is 6.92 Å². The van der Waals surface area contributed by atoms with E-state index < -0.39 is 0 Å². The summed E-state index contributed by atoms with van der Waals surface area (Å²) in [6, 6.07) is 0. The lowest BCUT2D eigenvalue weighted by atomic mass is 10.8. The van der Waals surface area contributed by atoms with Crippen LogP contribution in [0.15, 0.2) is 0 Å². The number of rotatable bonds is 0. The topological polar surface area (TPSA) is 34.5 Å². The largest absolute Gasteiger partial charge is 0.279 e. The van der Waals surface area contributed by atoms with Crippen LogP contribution in [0.1, 0.15) is 6.92 Å². The summed E-state index contributed by atoms with van der Waals surface area (Å²) in [4.78, 5) is 4.46. The molecule has 1 aliphatic rings. The first kappa shape index (κ1) is 2.18. The van der Waals surface area contributed by atoms with Gasteiger partial charge in [0.25, 0.3) is 0 Å². The molecule has 2 heteroatoms. The molecule has 0 bridgehead atoms. The molecule has 0 amide bonds. The second-order valence-electron chi connectivity index (χ2n) is 0.878. The van der Waals surface area contributed by atoms with Crippen LogP contribution < -0.4 is 5.48 Å². The highest BCUT2D eigenvalue weighted by molar-refractivity contribution is 4.42. The molecule has 0 aromatic heterocycles. The van der Waals surface area contributed by atoms with Crippen molar-refractivity contribution < 1.29 is 4.84 Å². The van der Waals surface area contributed by atoms with Crippen molar-refractivity contribution in [2.24, 2.45) is 0 Å². The van der Waals surface area contributed by atoms with Crippen molar-refractivity contribution in [2.45, 2.75) is 13.2 Å². The fraction of sp³-hybridized carbons (Fsp3) is 1.00. The molecule has 0 aromatic carbocycles. The predicted molar refractivity (Wildman–Crippen MR) is 13.7 cm³/mol. The van der Waals surface area contributed by atoms with Crippen LogP contribution in [0.5, 0.6) is 0 Å². The molecule has 1 fully saturated rings. The van der Waals surface area contributed by atoms with Gasteiger partial charge in [0, 0.05) is 0 Å². The molecule has 0 aromatic rings. The Bertz CT molecular complexity index is 25.2. The van der Waals surface area contributed by atoms with Gasteiger partial charge in [-0.25, -0.2) is 0 Å². The molecule has 4 heavy (non-hydrogen) atoms. The second-order valence-corrected chi connectivity index (χ2v) is 0.878. The Morgan fingerprint density at radius 1 is 2.00 bits per heavy atom. The van der Waals surface area contributed by atoms with E-state index in [4.69, 9.17) is 0 Å². The molecular formula is C2H5NO. The maximum atomic E-state index is 4.46. The quantitative estimate of drug-likeness (QED) is 0.394. The van der Waals surface area contributed by atoms with Crippen LogP contribution in [0.25, 0.3) is 0 Å². The van der Waals surface area contributed by atoms with E-state index in [0.29, 0.717) is 6.23 Å².